The molecule has 19 heavy (non-hydrogen) atoms. The molecule has 0 amide bonds. The number of halogens is 2. The van der Waals surface area contributed by atoms with Crippen LogP contribution in [0.25, 0.3) is 0 Å². The molecule has 0 spiro atoms. The van der Waals surface area contributed by atoms with Crippen LogP contribution >= 0.6 is 16.4 Å². The zero-order valence-electron chi connectivity index (χ0n) is 12.3. The zero-order chi connectivity index (χ0) is 12.3. The van der Waals surface area contributed by atoms with E-state index >= 15 is 0 Å². The second-order valence-electron chi connectivity index (χ2n) is 4.25. The SMILES string of the molecule is Cc1[c-][pH]c(C)c1C.Cc1[c-][pH]c(C)c1C.[Cl-].[Cl-].[Zr+4]. The third-order valence-corrected chi connectivity index (χ3v) is 5.62. The van der Waals surface area contributed by atoms with Crippen molar-refractivity contribution in [2.45, 2.75) is 41.5 Å². The maximum absolute atomic E-state index is 3.29. The average Bonchev–Trinajstić information content (AvgIpc) is 2.70. The van der Waals surface area contributed by atoms with Crippen LogP contribution in [0.2, 0.25) is 0 Å². The van der Waals surface area contributed by atoms with Gasteiger partial charge >= 0.3 is 26.2 Å². The summed E-state index contributed by atoms with van der Waals surface area (Å²) in [6, 6.07) is 0. The van der Waals surface area contributed by atoms with E-state index in [0.29, 0.717) is 0 Å². The van der Waals surface area contributed by atoms with Gasteiger partial charge in [-0.3, -0.25) is 16.4 Å². The van der Waals surface area contributed by atoms with Crippen molar-refractivity contribution >= 4 is 16.4 Å². The number of aryl methyl sites for hydroxylation is 4. The summed E-state index contributed by atoms with van der Waals surface area (Å²) in [4.78, 5) is 0. The first kappa shape index (κ1) is 25.0. The van der Waals surface area contributed by atoms with Gasteiger partial charge in [0.25, 0.3) is 0 Å². The minimum Gasteiger partial charge on any atom is -1.00 e. The van der Waals surface area contributed by atoms with Gasteiger partial charge in [-0.2, -0.15) is 44.4 Å². The molecule has 2 aromatic heterocycles. The van der Waals surface area contributed by atoms with Gasteiger partial charge in [0.05, 0.1) is 0 Å². The predicted octanol–water partition coefficient (Wildman–Crippen LogP) is -1.11. The average molecular weight is 412 g/mol. The van der Waals surface area contributed by atoms with E-state index in [1.54, 1.807) is 0 Å². The maximum Gasteiger partial charge on any atom is 4.00 e. The van der Waals surface area contributed by atoms with E-state index < -0.39 is 0 Å². The van der Waals surface area contributed by atoms with E-state index in [1.807, 2.05) is 0 Å². The summed E-state index contributed by atoms with van der Waals surface area (Å²) in [6.07, 6.45) is 0. The third kappa shape index (κ3) is 7.55. The van der Waals surface area contributed by atoms with Crippen LogP contribution in [-0.2, 0) is 26.2 Å². The van der Waals surface area contributed by atoms with Crippen LogP contribution in [0, 0.1) is 53.1 Å². The molecule has 2 unspecified atom stereocenters. The normalized spacial score (nSPS) is 9.16. The molecule has 0 N–H and O–H groups in total. The van der Waals surface area contributed by atoms with Crippen molar-refractivity contribution < 1.29 is 51.0 Å². The maximum atomic E-state index is 3.29. The van der Waals surface area contributed by atoms with Gasteiger partial charge in [-0.25, -0.2) is 0 Å². The fourth-order valence-electron chi connectivity index (χ4n) is 1.31. The molecule has 0 aromatic carbocycles. The van der Waals surface area contributed by atoms with E-state index in [2.05, 4.69) is 53.1 Å². The molecule has 0 nitrogen and oxygen atoms in total. The topological polar surface area (TPSA) is 0 Å². The molecule has 0 bridgehead atoms. The molecule has 104 valence electrons. The Morgan fingerprint density at radius 3 is 0.947 bits per heavy atom. The van der Waals surface area contributed by atoms with Crippen LogP contribution in [0.5, 0.6) is 0 Å². The van der Waals surface area contributed by atoms with Gasteiger partial charge in [0.15, 0.2) is 0 Å². The Morgan fingerprint density at radius 1 is 0.632 bits per heavy atom. The molecule has 0 saturated carbocycles. The molecule has 0 fully saturated rings. The molecule has 2 rings (SSSR count). The Morgan fingerprint density at radius 2 is 0.895 bits per heavy atom. The molecule has 0 aliphatic carbocycles. The molecule has 5 heteroatoms. The fourth-order valence-corrected chi connectivity index (χ4v) is 3.19. The van der Waals surface area contributed by atoms with E-state index in [9.17, 15) is 0 Å². The van der Waals surface area contributed by atoms with Gasteiger partial charge in [0.2, 0.25) is 0 Å². The molecule has 0 aliphatic heterocycles. The zero-order valence-corrected chi connectivity index (χ0v) is 18.2. The van der Waals surface area contributed by atoms with Crippen LogP contribution in [0.4, 0.5) is 0 Å². The minimum atomic E-state index is 0. The Labute approximate surface area is 152 Å². The molecule has 0 radical (unpaired) electrons. The Bertz CT molecular complexity index is 392. The standard InChI is InChI=1S/2C7H10P.2ClH.Zr/c2*1-5-4-8-7(3)6(5)2;;;/h2*8H,1-3H3;2*1H;/q2*-1;;;+4/p-2. The summed E-state index contributed by atoms with van der Waals surface area (Å²) in [5.74, 6) is 6.58. The monoisotopic (exact) mass is 410 g/mol. The summed E-state index contributed by atoms with van der Waals surface area (Å²) < 4.78 is 0. The molecular weight excluding hydrogens is 392 g/mol. The molecule has 2 heterocycles. The summed E-state index contributed by atoms with van der Waals surface area (Å²) in [6.45, 7) is 12.9. The first-order chi connectivity index (χ1) is 7.43. The van der Waals surface area contributed by atoms with Crippen LogP contribution in [0.15, 0.2) is 0 Å². The van der Waals surface area contributed by atoms with Crippen molar-refractivity contribution in [1.29, 1.82) is 0 Å². The van der Waals surface area contributed by atoms with Crippen molar-refractivity contribution in [2.75, 3.05) is 0 Å². The van der Waals surface area contributed by atoms with Crippen molar-refractivity contribution in [1.82, 2.24) is 0 Å². The second-order valence-corrected chi connectivity index (χ2v) is 6.75. The third-order valence-electron chi connectivity index (χ3n) is 3.12. The number of rotatable bonds is 0. The smallest absolute Gasteiger partial charge is 1.00 e. The fraction of sp³-hybridized carbons (Fsp3) is 0.429. The first-order valence-corrected chi connectivity index (χ1v) is 7.50. The molecule has 2 atom stereocenters. The van der Waals surface area contributed by atoms with Gasteiger partial charge in [-0.05, 0) is 0 Å². The van der Waals surface area contributed by atoms with Gasteiger partial charge in [0.1, 0.15) is 0 Å². The van der Waals surface area contributed by atoms with Crippen molar-refractivity contribution in [2.24, 2.45) is 0 Å². The predicted molar refractivity (Wildman–Crippen MR) is 78.0 cm³/mol. The largest absolute Gasteiger partial charge is 4.00 e. The molecule has 0 saturated heterocycles. The van der Waals surface area contributed by atoms with Crippen molar-refractivity contribution in [3.63, 3.8) is 0 Å². The van der Waals surface area contributed by atoms with Gasteiger partial charge in [-0.15, -0.1) is 0 Å². The molecule has 2 aromatic rings. The molecular formula is C14H20Cl2P2Zr. The van der Waals surface area contributed by atoms with Crippen molar-refractivity contribution in [3.8, 4) is 0 Å². The van der Waals surface area contributed by atoms with Crippen molar-refractivity contribution in [3.05, 3.63) is 44.4 Å². The van der Waals surface area contributed by atoms with E-state index in [4.69, 9.17) is 0 Å². The van der Waals surface area contributed by atoms with Crippen LogP contribution < -0.4 is 24.8 Å². The summed E-state index contributed by atoms with van der Waals surface area (Å²) >= 11 is 0. The number of hydrogen-bond donors (Lipinski definition) is 0. The quantitative estimate of drug-likeness (QED) is 0.482. The van der Waals surface area contributed by atoms with Gasteiger partial charge < -0.3 is 24.8 Å². The first-order valence-electron chi connectivity index (χ1n) is 5.50. The van der Waals surface area contributed by atoms with Gasteiger partial charge in [-0.1, -0.05) is 41.5 Å². The minimum absolute atomic E-state index is 0. The van der Waals surface area contributed by atoms with Crippen LogP contribution in [0.3, 0.4) is 0 Å². The molecule has 0 aliphatic rings. The Balaban J connectivity index is -0.000000233. The van der Waals surface area contributed by atoms with E-state index in [-0.39, 0.29) is 51.0 Å². The van der Waals surface area contributed by atoms with Crippen LogP contribution in [-0.4, -0.2) is 0 Å². The Kier molecular flexibility index (Phi) is 15.3. The van der Waals surface area contributed by atoms with Crippen LogP contribution in [0.1, 0.15) is 32.8 Å². The van der Waals surface area contributed by atoms with E-state index in [1.165, 1.54) is 32.8 Å². The summed E-state index contributed by atoms with van der Waals surface area (Å²) in [5.41, 5.74) is 5.59. The number of hydrogen-bond acceptors (Lipinski definition) is 0. The summed E-state index contributed by atoms with van der Waals surface area (Å²) in [7, 11) is 1.67. The van der Waals surface area contributed by atoms with Gasteiger partial charge in [0, 0.05) is 0 Å². The summed E-state index contributed by atoms with van der Waals surface area (Å²) in [5, 5.41) is 3.00. The Hall–Kier alpha value is 1.02. The van der Waals surface area contributed by atoms with E-state index in [0.717, 1.165) is 16.4 Å². The second kappa shape index (κ2) is 11.7.